The fraction of sp³-hybridized carbons (Fsp3) is 0.538. The molecule has 2 rings (SSSR count). The Bertz CT molecular complexity index is 361. The molecular weight excluding hydrogens is 203 g/mol. The molecule has 0 saturated heterocycles. The van der Waals surface area contributed by atoms with Crippen molar-refractivity contribution in [2.24, 2.45) is 0 Å². The number of nitrogens with one attached hydrogen (secondary N) is 1. The lowest BCUT2D eigenvalue weighted by Crippen LogP contribution is -2.22. The molecule has 0 aliphatic heterocycles. The predicted molar refractivity (Wildman–Crippen MR) is 65.2 cm³/mol. The maximum absolute atomic E-state index is 13.8. The fourth-order valence-electron chi connectivity index (χ4n) is 1.78. The summed E-state index contributed by atoms with van der Waals surface area (Å²) in [4.78, 5) is 2.08. The smallest absolute Gasteiger partial charge is 0.129 e. The largest absolute Gasteiger partial charge is 0.375 e. The van der Waals surface area contributed by atoms with E-state index in [4.69, 9.17) is 0 Å². The van der Waals surface area contributed by atoms with Crippen LogP contribution < -0.4 is 10.2 Å². The molecule has 88 valence electrons. The van der Waals surface area contributed by atoms with Gasteiger partial charge in [0.15, 0.2) is 0 Å². The SMILES string of the molecule is CCN(C)c1cccc(F)c1CNC1CC1. The third kappa shape index (κ3) is 2.53. The Hall–Kier alpha value is -1.09. The average Bonchev–Trinajstić information content (AvgIpc) is 3.10. The van der Waals surface area contributed by atoms with E-state index >= 15 is 0 Å². The first-order valence-electron chi connectivity index (χ1n) is 5.94. The van der Waals surface area contributed by atoms with Crippen molar-refractivity contribution in [1.82, 2.24) is 5.32 Å². The molecule has 1 N–H and O–H groups in total. The molecule has 0 radical (unpaired) electrons. The summed E-state index contributed by atoms with van der Waals surface area (Å²) < 4.78 is 13.8. The highest BCUT2D eigenvalue weighted by atomic mass is 19.1. The zero-order chi connectivity index (χ0) is 11.5. The molecule has 16 heavy (non-hydrogen) atoms. The van der Waals surface area contributed by atoms with Crippen LogP contribution in [-0.4, -0.2) is 19.6 Å². The normalized spacial score (nSPS) is 15.2. The predicted octanol–water partition coefficient (Wildman–Crippen LogP) is 2.53. The Morgan fingerprint density at radius 1 is 1.44 bits per heavy atom. The fourth-order valence-corrected chi connectivity index (χ4v) is 1.78. The number of hydrogen-bond donors (Lipinski definition) is 1. The molecule has 1 aromatic rings. The molecule has 0 atom stereocenters. The van der Waals surface area contributed by atoms with E-state index < -0.39 is 0 Å². The van der Waals surface area contributed by atoms with Crippen LogP contribution in [0.3, 0.4) is 0 Å². The summed E-state index contributed by atoms with van der Waals surface area (Å²) in [5, 5.41) is 3.37. The second-order valence-electron chi connectivity index (χ2n) is 4.41. The van der Waals surface area contributed by atoms with Crippen LogP contribution >= 0.6 is 0 Å². The number of halogens is 1. The molecule has 2 nitrogen and oxygen atoms in total. The zero-order valence-corrected chi connectivity index (χ0v) is 9.96. The molecule has 1 saturated carbocycles. The lowest BCUT2D eigenvalue weighted by molar-refractivity contribution is 0.586. The minimum atomic E-state index is -0.106. The van der Waals surface area contributed by atoms with E-state index in [-0.39, 0.29) is 5.82 Å². The molecule has 0 spiro atoms. The minimum Gasteiger partial charge on any atom is -0.375 e. The molecule has 0 aromatic heterocycles. The Morgan fingerprint density at radius 2 is 2.19 bits per heavy atom. The first kappa shape index (κ1) is 11.4. The third-order valence-electron chi connectivity index (χ3n) is 3.12. The monoisotopic (exact) mass is 222 g/mol. The highest BCUT2D eigenvalue weighted by Gasteiger charge is 2.21. The highest BCUT2D eigenvalue weighted by Crippen LogP contribution is 2.24. The summed E-state index contributed by atoms with van der Waals surface area (Å²) in [5.74, 6) is -0.106. The molecule has 1 aliphatic carbocycles. The standard InChI is InChI=1S/C13H19FN2/c1-3-16(2)13-6-4-5-12(14)11(13)9-15-10-7-8-10/h4-6,10,15H,3,7-9H2,1-2H3. The topological polar surface area (TPSA) is 15.3 Å². The van der Waals surface area contributed by atoms with Crippen molar-refractivity contribution >= 4 is 5.69 Å². The second kappa shape index (κ2) is 4.83. The summed E-state index contributed by atoms with van der Waals surface area (Å²) in [6, 6.07) is 5.91. The van der Waals surface area contributed by atoms with Crippen LogP contribution in [0.15, 0.2) is 18.2 Å². The van der Waals surface area contributed by atoms with Crippen molar-refractivity contribution < 1.29 is 4.39 Å². The maximum atomic E-state index is 13.8. The molecule has 0 bridgehead atoms. The van der Waals surface area contributed by atoms with Gasteiger partial charge in [-0.1, -0.05) is 6.07 Å². The number of benzene rings is 1. The quantitative estimate of drug-likeness (QED) is 0.823. The summed E-state index contributed by atoms with van der Waals surface area (Å²) >= 11 is 0. The van der Waals surface area contributed by atoms with E-state index in [1.807, 2.05) is 13.1 Å². The van der Waals surface area contributed by atoms with Crippen LogP contribution in [0.25, 0.3) is 0 Å². The molecule has 0 amide bonds. The van der Waals surface area contributed by atoms with Gasteiger partial charge in [0.05, 0.1) is 0 Å². The van der Waals surface area contributed by atoms with Gasteiger partial charge in [0, 0.05) is 37.4 Å². The van der Waals surface area contributed by atoms with E-state index in [9.17, 15) is 4.39 Å². The van der Waals surface area contributed by atoms with Crippen LogP contribution in [0, 0.1) is 5.82 Å². The lowest BCUT2D eigenvalue weighted by Gasteiger charge is -2.21. The Balaban J connectivity index is 2.17. The van der Waals surface area contributed by atoms with Gasteiger partial charge in [0.2, 0.25) is 0 Å². The third-order valence-corrected chi connectivity index (χ3v) is 3.12. The van der Waals surface area contributed by atoms with Crippen molar-refractivity contribution in [1.29, 1.82) is 0 Å². The Kier molecular flexibility index (Phi) is 3.44. The van der Waals surface area contributed by atoms with Gasteiger partial charge in [0.1, 0.15) is 5.82 Å². The maximum Gasteiger partial charge on any atom is 0.129 e. The van der Waals surface area contributed by atoms with Gasteiger partial charge >= 0.3 is 0 Å². The van der Waals surface area contributed by atoms with Gasteiger partial charge in [0.25, 0.3) is 0 Å². The molecular formula is C13H19FN2. The van der Waals surface area contributed by atoms with Crippen LogP contribution in [-0.2, 0) is 6.54 Å². The van der Waals surface area contributed by atoms with Gasteiger partial charge in [-0.2, -0.15) is 0 Å². The van der Waals surface area contributed by atoms with Crippen molar-refractivity contribution in [3.05, 3.63) is 29.6 Å². The number of anilines is 1. The van der Waals surface area contributed by atoms with Crippen molar-refractivity contribution in [3.63, 3.8) is 0 Å². The summed E-state index contributed by atoms with van der Waals surface area (Å²) in [6.45, 7) is 3.60. The van der Waals surface area contributed by atoms with E-state index in [1.165, 1.54) is 18.9 Å². The minimum absolute atomic E-state index is 0.106. The summed E-state index contributed by atoms with van der Waals surface area (Å²) in [7, 11) is 2.00. The van der Waals surface area contributed by atoms with Crippen LogP contribution in [0.2, 0.25) is 0 Å². The molecule has 1 aliphatic rings. The molecule has 3 heteroatoms. The van der Waals surface area contributed by atoms with Crippen molar-refractivity contribution in [2.45, 2.75) is 32.4 Å². The number of rotatable bonds is 5. The van der Waals surface area contributed by atoms with Gasteiger partial charge < -0.3 is 10.2 Å². The first-order valence-corrected chi connectivity index (χ1v) is 5.94. The van der Waals surface area contributed by atoms with E-state index in [2.05, 4.69) is 17.1 Å². The first-order chi connectivity index (χ1) is 7.72. The van der Waals surface area contributed by atoms with E-state index in [0.29, 0.717) is 12.6 Å². The Morgan fingerprint density at radius 3 is 2.81 bits per heavy atom. The number of nitrogens with zero attached hydrogens (tertiary/aromatic N) is 1. The van der Waals surface area contributed by atoms with Gasteiger partial charge in [-0.3, -0.25) is 0 Å². The van der Waals surface area contributed by atoms with Crippen LogP contribution in [0.4, 0.5) is 10.1 Å². The van der Waals surface area contributed by atoms with Gasteiger partial charge in [-0.05, 0) is 31.9 Å². The van der Waals surface area contributed by atoms with Crippen molar-refractivity contribution in [2.75, 3.05) is 18.5 Å². The highest BCUT2D eigenvalue weighted by molar-refractivity contribution is 5.53. The van der Waals surface area contributed by atoms with E-state index in [1.54, 1.807) is 6.07 Å². The molecule has 0 unspecified atom stereocenters. The Labute approximate surface area is 96.5 Å². The van der Waals surface area contributed by atoms with Crippen molar-refractivity contribution in [3.8, 4) is 0 Å². The summed E-state index contributed by atoms with van der Waals surface area (Å²) in [6.07, 6.45) is 2.46. The molecule has 1 aromatic carbocycles. The van der Waals surface area contributed by atoms with Crippen LogP contribution in [0.1, 0.15) is 25.3 Å². The number of hydrogen-bond acceptors (Lipinski definition) is 2. The van der Waals surface area contributed by atoms with Gasteiger partial charge in [-0.15, -0.1) is 0 Å². The van der Waals surface area contributed by atoms with Gasteiger partial charge in [-0.25, -0.2) is 4.39 Å². The lowest BCUT2D eigenvalue weighted by atomic mass is 10.1. The average molecular weight is 222 g/mol. The summed E-state index contributed by atoms with van der Waals surface area (Å²) in [5.41, 5.74) is 1.79. The van der Waals surface area contributed by atoms with Crippen LogP contribution in [0.5, 0.6) is 0 Å². The molecule has 1 fully saturated rings. The zero-order valence-electron chi connectivity index (χ0n) is 9.96. The van der Waals surface area contributed by atoms with E-state index in [0.717, 1.165) is 17.8 Å². The molecule has 0 heterocycles. The second-order valence-corrected chi connectivity index (χ2v) is 4.41.